The largest absolute Gasteiger partial charge is 0.392 e. The van der Waals surface area contributed by atoms with Gasteiger partial charge >= 0.3 is 0 Å². The van der Waals surface area contributed by atoms with Crippen molar-refractivity contribution >= 4 is 38.7 Å². The number of benzene rings is 1. The quantitative estimate of drug-likeness (QED) is 0.143. The van der Waals surface area contributed by atoms with Gasteiger partial charge < -0.3 is 20.8 Å². The van der Waals surface area contributed by atoms with Gasteiger partial charge in [-0.15, -0.1) is 10.2 Å². The van der Waals surface area contributed by atoms with Crippen LogP contribution in [0, 0.1) is 17.0 Å². The van der Waals surface area contributed by atoms with Crippen LogP contribution in [0.1, 0.15) is 45.9 Å². The number of sulfone groups is 1. The number of aliphatic hydroxyl groups excluding tert-OH is 2. The molecule has 3 rings (SSSR count). The van der Waals surface area contributed by atoms with Crippen molar-refractivity contribution in [2.75, 3.05) is 30.0 Å². The number of aliphatic hydroxyl groups is 2. The van der Waals surface area contributed by atoms with Crippen molar-refractivity contribution in [2.45, 2.75) is 64.1 Å². The Labute approximate surface area is 238 Å². The third-order valence-corrected chi connectivity index (χ3v) is 6.89. The standard InChI is InChI=1S/C26H36N8O6S/c1-15-12-20(27-13-16(2)35)29-24(28-14-17(3)36)21(15)30-31-25-22(41(7,39)40)23(26(4,5)6)32-33(25)18-8-10-19(11-9-18)34(37)38/h8-12,16-17,35-36H,13-14H2,1-7H3,(H2,27,28,29). The zero-order chi connectivity index (χ0) is 30.7. The minimum Gasteiger partial charge on any atom is -0.392 e. The Bertz CT molecular complexity index is 1540. The minimum absolute atomic E-state index is 0.0801. The van der Waals surface area contributed by atoms with E-state index in [1.807, 2.05) is 20.8 Å². The molecule has 1 aromatic carbocycles. The second-order valence-electron chi connectivity index (χ2n) is 10.9. The molecule has 0 saturated carbocycles. The highest BCUT2D eigenvalue weighted by atomic mass is 32.2. The molecule has 0 aliphatic heterocycles. The summed E-state index contributed by atoms with van der Waals surface area (Å²) in [6.07, 6.45) is -0.258. The van der Waals surface area contributed by atoms with E-state index in [-0.39, 0.29) is 41.0 Å². The fraction of sp³-hybridized carbons (Fsp3) is 0.462. The van der Waals surface area contributed by atoms with Crippen molar-refractivity contribution < 1.29 is 23.6 Å². The normalized spacial score (nSPS) is 13.8. The molecule has 3 aromatic rings. The number of rotatable bonds is 11. The molecule has 2 heterocycles. The summed E-state index contributed by atoms with van der Waals surface area (Å²) in [5.41, 5.74) is 0.693. The molecular formula is C26H36N8O6S. The number of nitro benzene ring substituents is 1. The lowest BCUT2D eigenvalue weighted by Crippen LogP contribution is -2.18. The van der Waals surface area contributed by atoms with E-state index in [0.29, 0.717) is 22.8 Å². The van der Waals surface area contributed by atoms with Crippen molar-refractivity contribution in [2.24, 2.45) is 10.2 Å². The summed E-state index contributed by atoms with van der Waals surface area (Å²) in [5.74, 6) is 0.655. The van der Waals surface area contributed by atoms with Crippen LogP contribution in [0.5, 0.6) is 0 Å². The lowest BCUT2D eigenvalue weighted by Gasteiger charge is -2.16. The number of hydrogen-bond acceptors (Lipinski definition) is 12. The fourth-order valence-corrected chi connectivity index (χ4v) is 4.97. The highest BCUT2D eigenvalue weighted by molar-refractivity contribution is 7.91. The molecule has 222 valence electrons. The molecular weight excluding hydrogens is 552 g/mol. The Kier molecular flexibility index (Phi) is 9.46. The molecule has 0 amide bonds. The average molecular weight is 589 g/mol. The summed E-state index contributed by atoms with van der Waals surface area (Å²) in [6, 6.07) is 7.19. The topological polar surface area (TPSA) is 197 Å². The first-order valence-electron chi connectivity index (χ1n) is 12.8. The maximum atomic E-state index is 13.1. The molecule has 14 nitrogen and oxygen atoms in total. The van der Waals surface area contributed by atoms with Gasteiger partial charge in [-0.25, -0.2) is 18.1 Å². The van der Waals surface area contributed by atoms with E-state index in [4.69, 9.17) is 0 Å². The second-order valence-corrected chi connectivity index (χ2v) is 12.8. The van der Waals surface area contributed by atoms with Gasteiger partial charge in [-0.05, 0) is 44.5 Å². The molecule has 4 N–H and O–H groups in total. The molecule has 0 aliphatic carbocycles. The molecule has 2 atom stereocenters. The van der Waals surface area contributed by atoms with E-state index in [1.165, 1.54) is 28.9 Å². The van der Waals surface area contributed by atoms with Crippen LogP contribution in [0.15, 0.2) is 45.5 Å². The van der Waals surface area contributed by atoms with Crippen molar-refractivity contribution in [3.8, 4) is 5.69 Å². The molecule has 2 aromatic heterocycles. The third kappa shape index (κ3) is 7.83. The number of azo groups is 1. The Hall–Kier alpha value is -3.95. The van der Waals surface area contributed by atoms with Gasteiger partial charge in [-0.2, -0.15) is 5.10 Å². The van der Waals surface area contributed by atoms with Crippen molar-refractivity contribution in [1.29, 1.82) is 0 Å². The van der Waals surface area contributed by atoms with E-state index in [2.05, 4.69) is 30.9 Å². The van der Waals surface area contributed by atoms with E-state index in [0.717, 1.165) is 6.26 Å². The van der Waals surface area contributed by atoms with Gasteiger partial charge in [0.2, 0.25) is 0 Å². The van der Waals surface area contributed by atoms with Gasteiger partial charge in [0.05, 0.1) is 28.5 Å². The van der Waals surface area contributed by atoms with Crippen LogP contribution in [0.2, 0.25) is 0 Å². The average Bonchev–Trinajstić information content (AvgIpc) is 3.26. The SMILES string of the molecule is Cc1cc(NCC(C)O)nc(NCC(C)O)c1N=Nc1c(S(C)(=O)=O)c(C(C)(C)C)nn1-c1ccc([N+](=O)[O-])cc1. The summed E-state index contributed by atoms with van der Waals surface area (Å²) in [4.78, 5) is 15.0. The van der Waals surface area contributed by atoms with Gasteiger partial charge in [0, 0.05) is 36.9 Å². The van der Waals surface area contributed by atoms with Crippen LogP contribution in [-0.2, 0) is 15.3 Å². The maximum absolute atomic E-state index is 13.1. The number of aryl methyl sites for hydroxylation is 1. The first-order chi connectivity index (χ1) is 19.0. The van der Waals surface area contributed by atoms with Gasteiger partial charge in [-0.3, -0.25) is 10.1 Å². The molecule has 0 aliphatic rings. The minimum atomic E-state index is -3.87. The van der Waals surface area contributed by atoms with Crippen LogP contribution in [0.25, 0.3) is 5.69 Å². The van der Waals surface area contributed by atoms with E-state index >= 15 is 0 Å². The first kappa shape index (κ1) is 31.6. The zero-order valence-electron chi connectivity index (χ0n) is 24.1. The van der Waals surface area contributed by atoms with Crippen LogP contribution in [0.3, 0.4) is 0 Å². The van der Waals surface area contributed by atoms with Crippen LogP contribution in [-0.4, -0.2) is 69.9 Å². The molecule has 0 bridgehead atoms. The van der Waals surface area contributed by atoms with Gasteiger partial charge in [0.1, 0.15) is 16.4 Å². The van der Waals surface area contributed by atoms with Crippen LogP contribution < -0.4 is 10.6 Å². The predicted molar refractivity (Wildman–Crippen MR) is 156 cm³/mol. The predicted octanol–water partition coefficient (Wildman–Crippen LogP) is 4.19. The summed E-state index contributed by atoms with van der Waals surface area (Å²) in [6.45, 7) is 10.9. The van der Waals surface area contributed by atoms with Crippen LogP contribution in [0.4, 0.5) is 28.8 Å². The summed E-state index contributed by atoms with van der Waals surface area (Å²) >= 11 is 0. The number of pyridine rings is 1. The number of aromatic nitrogens is 3. The highest BCUT2D eigenvalue weighted by Crippen LogP contribution is 2.39. The first-order valence-corrected chi connectivity index (χ1v) is 14.7. The number of non-ortho nitro benzene ring substituents is 1. The molecule has 0 saturated heterocycles. The lowest BCUT2D eigenvalue weighted by atomic mass is 9.92. The van der Waals surface area contributed by atoms with Gasteiger partial charge in [0.25, 0.3) is 5.69 Å². The van der Waals surface area contributed by atoms with E-state index in [1.54, 1.807) is 26.8 Å². The van der Waals surface area contributed by atoms with Crippen molar-refractivity contribution in [3.05, 3.63) is 51.7 Å². The molecule has 0 fully saturated rings. The Balaban J connectivity index is 2.26. The summed E-state index contributed by atoms with van der Waals surface area (Å²) < 4.78 is 27.5. The number of hydrogen-bond donors (Lipinski definition) is 4. The third-order valence-electron chi connectivity index (χ3n) is 5.78. The summed E-state index contributed by atoms with van der Waals surface area (Å²) in [5, 5.41) is 50.1. The van der Waals surface area contributed by atoms with Gasteiger partial charge in [0.15, 0.2) is 21.5 Å². The number of nitrogens with zero attached hydrogens (tertiary/aromatic N) is 6. The molecule has 2 unspecified atom stereocenters. The molecule has 0 radical (unpaired) electrons. The van der Waals surface area contributed by atoms with Crippen molar-refractivity contribution in [3.63, 3.8) is 0 Å². The Morgan fingerprint density at radius 1 is 1.07 bits per heavy atom. The maximum Gasteiger partial charge on any atom is 0.269 e. The number of anilines is 2. The Morgan fingerprint density at radius 2 is 1.66 bits per heavy atom. The lowest BCUT2D eigenvalue weighted by molar-refractivity contribution is -0.384. The van der Waals surface area contributed by atoms with E-state index < -0.39 is 32.4 Å². The Morgan fingerprint density at radius 3 is 2.17 bits per heavy atom. The fourth-order valence-electron chi connectivity index (χ4n) is 3.81. The van der Waals surface area contributed by atoms with Crippen molar-refractivity contribution in [1.82, 2.24) is 14.8 Å². The van der Waals surface area contributed by atoms with E-state index in [9.17, 15) is 28.7 Å². The molecule has 0 spiro atoms. The number of nitro groups is 1. The van der Waals surface area contributed by atoms with Crippen LogP contribution >= 0.6 is 0 Å². The second kappa shape index (κ2) is 12.3. The molecule has 15 heteroatoms. The zero-order valence-corrected chi connectivity index (χ0v) is 24.9. The molecule has 41 heavy (non-hydrogen) atoms. The monoisotopic (exact) mass is 588 g/mol. The number of nitrogens with one attached hydrogen (secondary N) is 2. The highest BCUT2D eigenvalue weighted by Gasteiger charge is 2.33. The van der Waals surface area contributed by atoms with Gasteiger partial charge in [-0.1, -0.05) is 20.8 Å². The summed E-state index contributed by atoms with van der Waals surface area (Å²) in [7, 11) is -3.87. The smallest absolute Gasteiger partial charge is 0.269 e.